The van der Waals surface area contributed by atoms with Crippen LogP contribution in [0.3, 0.4) is 0 Å². The number of hydrogen-bond acceptors (Lipinski definition) is 4. The second-order valence-electron chi connectivity index (χ2n) is 5.56. The van der Waals surface area contributed by atoms with E-state index in [-0.39, 0.29) is 11.9 Å². The third-order valence-electron chi connectivity index (χ3n) is 3.38. The van der Waals surface area contributed by atoms with Crippen LogP contribution < -0.4 is 4.90 Å². The van der Waals surface area contributed by atoms with Gasteiger partial charge in [-0.15, -0.1) is 0 Å². The van der Waals surface area contributed by atoms with E-state index in [1.165, 1.54) is 16.7 Å². The lowest BCUT2D eigenvalue weighted by Crippen LogP contribution is -2.31. The molecule has 1 aliphatic rings. The number of carbonyl (C=O) groups excluding carboxylic acids is 2. The highest BCUT2D eigenvalue weighted by Crippen LogP contribution is 2.41. The molecule has 2 aromatic carbocycles. The van der Waals surface area contributed by atoms with Crippen molar-refractivity contribution in [2.24, 2.45) is 0 Å². The van der Waals surface area contributed by atoms with Crippen molar-refractivity contribution in [1.29, 1.82) is 0 Å². The quantitative estimate of drug-likeness (QED) is 0.749. The lowest BCUT2D eigenvalue weighted by Gasteiger charge is -2.26. The van der Waals surface area contributed by atoms with Gasteiger partial charge in [0.15, 0.2) is 0 Å². The van der Waals surface area contributed by atoms with Crippen molar-refractivity contribution in [2.45, 2.75) is 24.8 Å². The number of ether oxygens (including phenoxy) is 1. The number of amides is 1. The maximum Gasteiger partial charge on any atom is 0.418 e. The van der Waals surface area contributed by atoms with E-state index in [4.69, 9.17) is 4.74 Å². The molecular formula is C19H17NO3S. The van der Waals surface area contributed by atoms with Gasteiger partial charge in [0, 0.05) is 16.7 Å². The van der Waals surface area contributed by atoms with Gasteiger partial charge in [-0.05, 0) is 26.0 Å². The average Bonchev–Trinajstić information content (AvgIpc) is 2.60. The van der Waals surface area contributed by atoms with E-state index in [9.17, 15) is 9.59 Å². The Kier molecular flexibility index (Phi) is 4.71. The maximum absolute atomic E-state index is 12.7. The standard InChI is InChI=1S/C19H17NO3S/c1-13(2)23-19(22)20-12-17(18(21)14-8-4-3-5-9-14)24-16-11-7-6-10-15(16)20/h3-13H,1-2H3. The molecule has 122 valence electrons. The summed E-state index contributed by atoms with van der Waals surface area (Å²) in [4.78, 5) is 27.9. The van der Waals surface area contributed by atoms with Crippen LogP contribution in [-0.2, 0) is 4.74 Å². The molecule has 0 bridgehead atoms. The van der Waals surface area contributed by atoms with Gasteiger partial charge in [-0.1, -0.05) is 54.2 Å². The number of anilines is 1. The molecule has 5 heteroatoms. The number of allylic oxidation sites excluding steroid dienone is 1. The monoisotopic (exact) mass is 339 g/mol. The Balaban J connectivity index is 1.98. The number of rotatable bonds is 3. The van der Waals surface area contributed by atoms with E-state index in [2.05, 4.69) is 0 Å². The fraction of sp³-hybridized carbons (Fsp3) is 0.158. The van der Waals surface area contributed by atoms with Gasteiger partial charge in [-0.25, -0.2) is 4.79 Å². The molecule has 0 spiro atoms. The number of carbonyl (C=O) groups is 2. The van der Waals surface area contributed by atoms with Gasteiger partial charge < -0.3 is 4.74 Å². The van der Waals surface area contributed by atoms with Gasteiger partial charge in [0.2, 0.25) is 5.78 Å². The van der Waals surface area contributed by atoms with Crippen LogP contribution in [0.4, 0.5) is 10.5 Å². The summed E-state index contributed by atoms with van der Waals surface area (Å²) >= 11 is 1.36. The highest BCUT2D eigenvalue weighted by Gasteiger charge is 2.27. The lowest BCUT2D eigenvalue weighted by atomic mass is 10.1. The largest absolute Gasteiger partial charge is 0.446 e. The molecule has 0 aromatic heterocycles. The first-order valence-electron chi connectivity index (χ1n) is 7.64. The zero-order chi connectivity index (χ0) is 17.1. The van der Waals surface area contributed by atoms with E-state index in [1.54, 1.807) is 32.2 Å². The molecule has 2 aromatic rings. The van der Waals surface area contributed by atoms with Crippen molar-refractivity contribution in [3.05, 3.63) is 71.3 Å². The molecule has 0 unspecified atom stereocenters. The number of thioether (sulfide) groups is 1. The SMILES string of the molecule is CC(C)OC(=O)N1C=C(C(=O)c2ccccc2)Sc2ccccc21. The summed E-state index contributed by atoms with van der Waals surface area (Å²) < 4.78 is 5.30. The second-order valence-corrected chi connectivity index (χ2v) is 6.64. The number of para-hydroxylation sites is 1. The van der Waals surface area contributed by atoms with Crippen LogP contribution in [-0.4, -0.2) is 18.0 Å². The Morgan fingerprint density at radius 1 is 1.00 bits per heavy atom. The predicted octanol–water partition coefficient (Wildman–Crippen LogP) is 4.87. The molecule has 0 radical (unpaired) electrons. The Morgan fingerprint density at radius 2 is 1.67 bits per heavy atom. The average molecular weight is 339 g/mol. The van der Waals surface area contributed by atoms with Crippen molar-refractivity contribution < 1.29 is 14.3 Å². The third-order valence-corrected chi connectivity index (χ3v) is 4.46. The summed E-state index contributed by atoms with van der Waals surface area (Å²) in [5.41, 5.74) is 1.31. The first-order valence-corrected chi connectivity index (χ1v) is 8.46. The smallest absolute Gasteiger partial charge is 0.418 e. The Morgan fingerprint density at radius 3 is 2.38 bits per heavy atom. The van der Waals surface area contributed by atoms with Crippen molar-refractivity contribution in [1.82, 2.24) is 0 Å². The fourth-order valence-electron chi connectivity index (χ4n) is 2.32. The first-order chi connectivity index (χ1) is 11.6. The minimum absolute atomic E-state index is 0.113. The fourth-order valence-corrected chi connectivity index (χ4v) is 3.34. The summed E-state index contributed by atoms with van der Waals surface area (Å²) in [6.45, 7) is 3.59. The first kappa shape index (κ1) is 16.3. The molecule has 1 amide bonds. The van der Waals surface area contributed by atoms with E-state index in [0.717, 1.165) is 10.6 Å². The molecule has 3 rings (SSSR count). The number of nitrogens with zero attached hydrogens (tertiary/aromatic N) is 1. The minimum Gasteiger partial charge on any atom is -0.446 e. The van der Waals surface area contributed by atoms with Gasteiger partial charge in [0.05, 0.1) is 16.7 Å². The van der Waals surface area contributed by atoms with Crippen LogP contribution in [0, 0.1) is 0 Å². The van der Waals surface area contributed by atoms with Gasteiger partial charge in [0.25, 0.3) is 0 Å². The zero-order valence-corrected chi connectivity index (χ0v) is 14.2. The molecule has 0 saturated heterocycles. The number of Topliss-reactive ketones (excluding diaryl/α,β-unsaturated/α-hetero) is 1. The van der Waals surface area contributed by atoms with Crippen LogP contribution >= 0.6 is 11.8 Å². The highest BCUT2D eigenvalue weighted by molar-refractivity contribution is 8.04. The Labute approximate surface area is 145 Å². The predicted molar refractivity (Wildman–Crippen MR) is 95.3 cm³/mol. The summed E-state index contributed by atoms with van der Waals surface area (Å²) in [7, 11) is 0. The highest BCUT2D eigenvalue weighted by atomic mass is 32.2. The van der Waals surface area contributed by atoms with E-state index < -0.39 is 6.09 Å². The van der Waals surface area contributed by atoms with Crippen LogP contribution in [0.2, 0.25) is 0 Å². The molecule has 0 atom stereocenters. The van der Waals surface area contributed by atoms with Crippen molar-refractivity contribution in [3.8, 4) is 0 Å². The number of hydrogen-bond donors (Lipinski definition) is 0. The van der Waals surface area contributed by atoms with Gasteiger partial charge in [-0.3, -0.25) is 9.69 Å². The molecule has 0 aliphatic carbocycles. The lowest BCUT2D eigenvalue weighted by molar-refractivity contribution is 0.104. The Hall–Kier alpha value is -2.53. The molecule has 24 heavy (non-hydrogen) atoms. The van der Waals surface area contributed by atoms with Crippen LogP contribution in [0.15, 0.2) is 70.6 Å². The topological polar surface area (TPSA) is 46.6 Å². The van der Waals surface area contributed by atoms with Gasteiger partial charge >= 0.3 is 6.09 Å². The van der Waals surface area contributed by atoms with Crippen molar-refractivity contribution >= 4 is 29.3 Å². The Bertz CT molecular complexity index is 799. The molecule has 0 fully saturated rings. The molecule has 4 nitrogen and oxygen atoms in total. The van der Waals surface area contributed by atoms with E-state index in [0.29, 0.717) is 10.5 Å². The van der Waals surface area contributed by atoms with E-state index in [1.807, 2.05) is 42.5 Å². The van der Waals surface area contributed by atoms with Crippen molar-refractivity contribution in [3.63, 3.8) is 0 Å². The molecule has 1 heterocycles. The second kappa shape index (κ2) is 6.93. The van der Waals surface area contributed by atoms with Crippen LogP contribution in [0.5, 0.6) is 0 Å². The van der Waals surface area contributed by atoms with Gasteiger partial charge in [0.1, 0.15) is 0 Å². The van der Waals surface area contributed by atoms with Crippen molar-refractivity contribution in [2.75, 3.05) is 4.90 Å². The summed E-state index contributed by atoms with van der Waals surface area (Å²) in [5, 5.41) is 0. The maximum atomic E-state index is 12.7. The third kappa shape index (κ3) is 3.36. The molecule has 0 saturated carbocycles. The zero-order valence-electron chi connectivity index (χ0n) is 13.4. The van der Waals surface area contributed by atoms with Gasteiger partial charge in [-0.2, -0.15) is 0 Å². The molecule has 1 aliphatic heterocycles. The van der Waals surface area contributed by atoms with E-state index >= 15 is 0 Å². The summed E-state index contributed by atoms with van der Waals surface area (Å²) in [6, 6.07) is 16.5. The summed E-state index contributed by atoms with van der Waals surface area (Å²) in [5.74, 6) is -0.113. The molecule has 0 N–H and O–H groups in total. The normalized spacial score (nSPS) is 13.3. The number of benzene rings is 2. The number of fused-ring (bicyclic) bond motifs is 1. The van der Waals surface area contributed by atoms with Crippen LogP contribution in [0.1, 0.15) is 24.2 Å². The molecular weight excluding hydrogens is 322 g/mol. The number of ketones is 1. The van der Waals surface area contributed by atoms with Crippen LogP contribution in [0.25, 0.3) is 0 Å². The summed E-state index contributed by atoms with van der Waals surface area (Å²) in [6.07, 6.45) is 0.838. The minimum atomic E-state index is -0.490.